The topological polar surface area (TPSA) is 9.23 Å². The SMILES string of the molecule is Clc1cccc(SC2CCCO2)c1. The third kappa shape index (κ3) is 2.63. The van der Waals surface area contributed by atoms with Gasteiger partial charge < -0.3 is 4.74 Å². The lowest BCUT2D eigenvalue weighted by Crippen LogP contribution is -1.97. The van der Waals surface area contributed by atoms with Gasteiger partial charge in [0.1, 0.15) is 5.44 Å². The van der Waals surface area contributed by atoms with E-state index in [0.29, 0.717) is 5.44 Å². The van der Waals surface area contributed by atoms with Crippen LogP contribution < -0.4 is 0 Å². The summed E-state index contributed by atoms with van der Waals surface area (Å²) in [5.41, 5.74) is 0.332. The molecule has 0 N–H and O–H groups in total. The smallest absolute Gasteiger partial charge is 0.107 e. The molecule has 70 valence electrons. The van der Waals surface area contributed by atoms with E-state index in [2.05, 4.69) is 6.07 Å². The molecule has 0 amide bonds. The van der Waals surface area contributed by atoms with Crippen LogP contribution in [-0.4, -0.2) is 12.0 Å². The van der Waals surface area contributed by atoms with Crippen LogP contribution in [0, 0.1) is 0 Å². The van der Waals surface area contributed by atoms with E-state index in [-0.39, 0.29) is 0 Å². The fourth-order valence-electron chi connectivity index (χ4n) is 1.33. The molecular formula is C10H11ClOS. The molecule has 1 aliphatic heterocycles. The Morgan fingerprint density at radius 3 is 3.08 bits per heavy atom. The van der Waals surface area contributed by atoms with E-state index in [4.69, 9.17) is 16.3 Å². The molecule has 1 atom stereocenters. The monoisotopic (exact) mass is 214 g/mol. The Balaban J connectivity index is 2.00. The van der Waals surface area contributed by atoms with E-state index in [1.54, 1.807) is 11.8 Å². The molecule has 0 aromatic heterocycles. The van der Waals surface area contributed by atoms with Crippen LogP contribution in [0.25, 0.3) is 0 Å². The minimum atomic E-state index is 0.332. The summed E-state index contributed by atoms with van der Waals surface area (Å²) in [6, 6.07) is 7.91. The molecule has 13 heavy (non-hydrogen) atoms. The fourth-order valence-corrected chi connectivity index (χ4v) is 2.69. The highest BCUT2D eigenvalue weighted by Crippen LogP contribution is 2.31. The Bertz CT molecular complexity index is 284. The zero-order chi connectivity index (χ0) is 9.10. The van der Waals surface area contributed by atoms with Crippen molar-refractivity contribution in [3.63, 3.8) is 0 Å². The van der Waals surface area contributed by atoms with Crippen molar-refractivity contribution in [2.24, 2.45) is 0 Å². The Morgan fingerprint density at radius 1 is 1.46 bits per heavy atom. The average molecular weight is 215 g/mol. The summed E-state index contributed by atoms with van der Waals surface area (Å²) in [6.07, 6.45) is 2.33. The Morgan fingerprint density at radius 2 is 2.38 bits per heavy atom. The molecule has 1 saturated heterocycles. The molecule has 0 aliphatic carbocycles. The number of ether oxygens (including phenoxy) is 1. The lowest BCUT2D eigenvalue weighted by atomic mass is 10.4. The maximum absolute atomic E-state index is 5.88. The number of halogens is 1. The summed E-state index contributed by atoms with van der Waals surface area (Å²) >= 11 is 7.63. The molecule has 1 nitrogen and oxygen atoms in total. The summed E-state index contributed by atoms with van der Waals surface area (Å²) in [7, 11) is 0. The number of thioether (sulfide) groups is 1. The van der Waals surface area contributed by atoms with Crippen molar-refractivity contribution in [2.75, 3.05) is 6.61 Å². The second-order valence-electron chi connectivity index (χ2n) is 3.02. The highest BCUT2D eigenvalue weighted by atomic mass is 35.5. The zero-order valence-electron chi connectivity index (χ0n) is 7.20. The lowest BCUT2D eigenvalue weighted by molar-refractivity contribution is 0.173. The summed E-state index contributed by atoms with van der Waals surface area (Å²) in [4.78, 5) is 1.19. The van der Waals surface area contributed by atoms with Crippen LogP contribution in [0.3, 0.4) is 0 Å². The molecule has 1 aliphatic rings. The third-order valence-electron chi connectivity index (χ3n) is 1.95. The third-order valence-corrected chi connectivity index (χ3v) is 3.35. The van der Waals surface area contributed by atoms with Crippen LogP contribution in [0.2, 0.25) is 5.02 Å². The number of hydrogen-bond acceptors (Lipinski definition) is 2. The number of benzene rings is 1. The van der Waals surface area contributed by atoms with E-state index in [1.807, 2.05) is 18.2 Å². The first-order valence-electron chi connectivity index (χ1n) is 4.38. The summed E-state index contributed by atoms with van der Waals surface area (Å²) < 4.78 is 5.52. The highest BCUT2D eigenvalue weighted by molar-refractivity contribution is 7.99. The zero-order valence-corrected chi connectivity index (χ0v) is 8.77. The lowest BCUT2D eigenvalue weighted by Gasteiger charge is -2.08. The van der Waals surface area contributed by atoms with Crippen molar-refractivity contribution in [2.45, 2.75) is 23.2 Å². The summed E-state index contributed by atoms with van der Waals surface area (Å²) in [6.45, 7) is 0.901. The van der Waals surface area contributed by atoms with Crippen molar-refractivity contribution < 1.29 is 4.74 Å². The van der Waals surface area contributed by atoms with Gasteiger partial charge in [-0.2, -0.15) is 0 Å². The van der Waals surface area contributed by atoms with Crippen LogP contribution in [0.1, 0.15) is 12.8 Å². The van der Waals surface area contributed by atoms with Crippen LogP contribution in [0.15, 0.2) is 29.2 Å². The van der Waals surface area contributed by atoms with Crippen molar-refractivity contribution in [3.8, 4) is 0 Å². The molecule has 0 spiro atoms. The van der Waals surface area contributed by atoms with Crippen LogP contribution >= 0.6 is 23.4 Å². The van der Waals surface area contributed by atoms with Gasteiger partial charge in [0.2, 0.25) is 0 Å². The maximum atomic E-state index is 5.88. The molecule has 3 heteroatoms. The largest absolute Gasteiger partial charge is 0.367 e. The first kappa shape index (κ1) is 9.38. The molecule has 0 saturated carbocycles. The molecule has 1 aromatic carbocycles. The molecule has 1 fully saturated rings. The molecule has 1 heterocycles. The predicted molar refractivity (Wildman–Crippen MR) is 56.3 cm³/mol. The molecule has 2 rings (SSSR count). The van der Waals surface area contributed by atoms with E-state index in [1.165, 1.54) is 11.3 Å². The van der Waals surface area contributed by atoms with E-state index in [0.717, 1.165) is 18.1 Å². The van der Waals surface area contributed by atoms with Crippen molar-refractivity contribution >= 4 is 23.4 Å². The van der Waals surface area contributed by atoms with Gasteiger partial charge in [-0.1, -0.05) is 29.4 Å². The van der Waals surface area contributed by atoms with Crippen LogP contribution in [0.4, 0.5) is 0 Å². The van der Waals surface area contributed by atoms with Gasteiger partial charge in [0.15, 0.2) is 0 Å². The average Bonchev–Trinajstić information content (AvgIpc) is 2.57. The first-order chi connectivity index (χ1) is 6.34. The summed E-state index contributed by atoms with van der Waals surface area (Å²) in [5.74, 6) is 0. The molecule has 0 radical (unpaired) electrons. The second kappa shape index (κ2) is 4.36. The quantitative estimate of drug-likeness (QED) is 0.745. The van der Waals surface area contributed by atoms with Gasteiger partial charge in [-0.3, -0.25) is 0 Å². The Labute approximate surface area is 87.4 Å². The van der Waals surface area contributed by atoms with E-state index in [9.17, 15) is 0 Å². The van der Waals surface area contributed by atoms with Crippen molar-refractivity contribution in [1.29, 1.82) is 0 Å². The highest BCUT2D eigenvalue weighted by Gasteiger charge is 2.16. The molecule has 0 bridgehead atoms. The standard InChI is InChI=1S/C10H11ClOS/c11-8-3-1-4-9(7-8)13-10-5-2-6-12-10/h1,3-4,7,10H,2,5-6H2. The Kier molecular flexibility index (Phi) is 3.14. The van der Waals surface area contributed by atoms with E-state index >= 15 is 0 Å². The molecule has 1 unspecified atom stereocenters. The van der Waals surface area contributed by atoms with Crippen molar-refractivity contribution in [3.05, 3.63) is 29.3 Å². The van der Waals surface area contributed by atoms with Gasteiger partial charge >= 0.3 is 0 Å². The van der Waals surface area contributed by atoms with E-state index < -0.39 is 0 Å². The van der Waals surface area contributed by atoms with Gasteiger partial charge in [0.05, 0.1) is 0 Å². The van der Waals surface area contributed by atoms with Gasteiger partial charge in [0, 0.05) is 16.5 Å². The predicted octanol–water partition coefficient (Wildman–Crippen LogP) is 3.57. The van der Waals surface area contributed by atoms with Gasteiger partial charge in [-0.25, -0.2) is 0 Å². The number of rotatable bonds is 2. The van der Waals surface area contributed by atoms with Gasteiger partial charge in [-0.15, -0.1) is 0 Å². The minimum Gasteiger partial charge on any atom is -0.367 e. The second-order valence-corrected chi connectivity index (χ2v) is 4.69. The Hall–Kier alpha value is -0.180. The van der Waals surface area contributed by atoms with Gasteiger partial charge in [-0.05, 0) is 31.0 Å². The summed E-state index contributed by atoms with van der Waals surface area (Å²) in [5, 5.41) is 0.794. The maximum Gasteiger partial charge on any atom is 0.107 e. The minimum absolute atomic E-state index is 0.332. The first-order valence-corrected chi connectivity index (χ1v) is 5.64. The normalized spacial score (nSPS) is 22.1. The van der Waals surface area contributed by atoms with Gasteiger partial charge in [0.25, 0.3) is 0 Å². The van der Waals surface area contributed by atoms with Crippen molar-refractivity contribution in [1.82, 2.24) is 0 Å². The van der Waals surface area contributed by atoms with Crippen LogP contribution in [0.5, 0.6) is 0 Å². The fraction of sp³-hybridized carbons (Fsp3) is 0.400. The molecule has 1 aromatic rings. The molecular weight excluding hydrogens is 204 g/mol. The number of hydrogen-bond donors (Lipinski definition) is 0. The van der Waals surface area contributed by atoms with Crippen LogP contribution in [-0.2, 0) is 4.74 Å².